The Morgan fingerprint density at radius 3 is 2.89 bits per heavy atom. The number of hydrogen-bond acceptors (Lipinski definition) is 4. The molecule has 1 unspecified atom stereocenters. The Morgan fingerprint density at radius 1 is 1.33 bits per heavy atom. The van der Waals surface area contributed by atoms with E-state index in [0.717, 1.165) is 25.4 Å². The van der Waals surface area contributed by atoms with Crippen LogP contribution in [0.3, 0.4) is 0 Å². The molecule has 146 valence electrons. The van der Waals surface area contributed by atoms with Gasteiger partial charge in [0.15, 0.2) is 0 Å². The first-order valence-corrected chi connectivity index (χ1v) is 11.2. The smallest absolute Gasteiger partial charge is 0.0645 e. The molecule has 2 aliphatic rings. The molecule has 4 heteroatoms. The molecular formula is C23H32N2OS. The molecule has 0 aliphatic carbocycles. The van der Waals surface area contributed by atoms with E-state index in [9.17, 15) is 0 Å². The van der Waals surface area contributed by atoms with Gasteiger partial charge in [-0.1, -0.05) is 12.1 Å². The van der Waals surface area contributed by atoms with Gasteiger partial charge in [0.05, 0.1) is 6.10 Å². The highest BCUT2D eigenvalue weighted by Crippen LogP contribution is 2.47. The Morgan fingerprint density at radius 2 is 2.22 bits per heavy atom. The number of aromatic nitrogens is 1. The summed E-state index contributed by atoms with van der Waals surface area (Å²) in [5.74, 6) is 0. The standard InChI is InChI=1S/C23H32N2OS/c1-18-8-9-19(16-24-18)22(2,3)25-13-12-23(17-25,21-7-4-14-26-21)11-10-20-6-5-15-27-20/h5-6,8-9,15-16,21H,4,7,10-14,17H2,1-3H3/t21?,23-/m1/s1. The highest BCUT2D eigenvalue weighted by Gasteiger charge is 2.49. The van der Waals surface area contributed by atoms with Crippen LogP contribution in [0.25, 0.3) is 0 Å². The van der Waals surface area contributed by atoms with E-state index in [-0.39, 0.29) is 11.0 Å². The lowest BCUT2D eigenvalue weighted by Crippen LogP contribution is -2.44. The van der Waals surface area contributed by atoms with E-state index < -0.39 is 0 Å². The van der Waals surface area contributed by atoms with E-state index in [1.807, 2.05) is 11.3 Å². The zero-order valence-corrected chi connectivity index (χ0v) is 17.7. The fourth-order valence-electron chi connectivity index (χ4n) is 4.90. The Kier molecular flexibility index (Phi) is 5.41. The van der Waals surface area contributed by atoms with Crippen LogP contribution in [0.1, 0.15) is 55.7 Å². The summed E-state index contributed by atoms with van der Waals surface area (Å²) in [5, 5.41) is 2.20. The quantitative estimate of drug-likeness (QED) is 0.685. The molecule has 2 atom stereocenters. The van der Waals surface area contributed by atoms with Crippen molar-refractivity contribution in [2.75, 3.05) is 19.7 Å². The van der Waals surface area contributed by atoms with Crippen molar-refractivity contribution in [3.63, 3.8) is 0 Å². The van der Waals surface area contributed by atoms with Gasteiger partial charge in [-0.2, -0.15) is 0 Å². The summed E-state index contributed by atoms with van der Waals surface area (Å²) < 4.78 is 6.26. The molecule has 2 saturated heterocycles. The van der Waals surface area contributed by atoms with Crippen LogP contribution in [0, 0.1) is 12.3 Å². The first-order valence-electron chi connectivity index (χ1n) is 10.3. The number of aryl methyl sites for hydroxylation is 2. The number of likely N-dealkylation sites (tertiary alicyclic amines) is 1. The summed E-state index contributed by atoms with van der Waals surface area (Å²) in [6.07, 6.45) is 8.59. The maximum atomic E-state index is 6.26. The molecule has 2 aromatic heterocycles. The monoisotopic (exact) mass is 384 g/mol. The number of hydrogen-bond donors (Lipinski definition) is 0. The fourth-order valence-corrected chi connectivity index (χ4v) is 5.61. The first kappa shape index (κ1) is 19.1. The molecule has 2 aliphatic heterocycles. The molecule has 0 aromatic carbocycles. The average Bonchev–Trinajstić information content (AvgIpc) is 3.41. The highest BCUT2D eigenvalue weighted by molar-refractivity contribution is 7.09. The lowest BCUT2D eigenvalue weighted by molar-refractivity contribution is -0.00823. The third-order valence-electron chi connectivity index (χ3n) is 6.86. The summed E-state index contributed by atoms with van der Waals surface area (Å²) in [6.45, 7) is 9.97. The Bertz CT molecular complexity index is 734. The van der Waals surface area contributed by atoms with Crippen LogP contribution < -0.4 is 0 Å². The van der Waals surface area contributed by atoms with Gasteiger partial charge in [-0.3, -0.25) is 9.88 Å². The minimum absolute atomic E-state index is 0.00395. The van der Waals surface area contributed by atoms with Gasteiger partial charge in [-0.05, 0) is 82.5 Å². The SMILES string of the molecule is Cc1ccc(C(C)(C)N2CC[C@@](CCc3cccs3)(C3CCCO3)C2)cn1. The Hall–Kier alpha value is -1.23. The summed E-state index contributed by atoms with van der Waals surface area (Å²) in [6, 6.07) is 8.84. The number of rotatable bonds is 6. The van der Waals surface area contributed by atoms with E-state index in [1.165, 1.54) is 42.5 Å². The van der Waals surface area contributed by atoms with Crippen molar-refractivity contribution in [2.24, 2.45) is 5.41 Å². The van der Waals surface area contributed by atoms with E-state index in [2.05, 4.69) is 66.5 Å². The molecule has 0 N–H and O–H groups in total. The minimum Gasteiger partial charge on any atom is -0.378 e. The second kappa shape index (κ2) is 7.65. The van der Waals surface area contributed by atoms with Gasteiger partial charge in [-0.25, -0.2) is 0 Å². The molecule has 2 fully saturated rings. The van der Waals surface area contributed by atoms with Crippen molar-refractivity contribution in [2.45, 2.75) is 64.5 Å². The van der Waals surface area contributed by atoms with E-state index >= 15 is 0 Å². The zero-order chi connectivity index (χ0) is 18.9. The highest BCUT2D eigenvalue weighted by atomic mass is 32.1. The normalized spacial score (nSPS) is 26.7. The van der Waals surface area contributed by atoms with Gasteiger partial charge >= 0.3 is 0 Å². The van der Waals surface area contributed by atoms with Crippen LogP contribution in [0.5, 0.6) is 0 Å². The van der Waals surface area contributed by atoms with Gasteiger partial charge in [0.1, 0.15) is 0 Å². The van der Waals surface area contributed by atoms with Crippen LogP contribution in [0.15, 0.2) is 35.8 Å². The topological polar surface area (TPSA) is 25.4 Å². The summed E-state index contributed by atoms with van der Waals surface area (Å²) in [5.41, 5.74) is 2.69. The Balaban J connectivity index is 1.54. The van der Waals surface area contributed by atoms with Crippen molar-refractivity contribution in [1.29, 1.82) is 0 Å². The van der Waals surface area contributed by atoms with Crippen molar-refractivity contribution >= 4 is 11.3 Å². The van der Waals surface area contributed by atoms with E-state index in [0.29, 0.717) is 6.10 Å². The van der Waals surface area contributed by atoms with E-state index in [4.69, 9.17) is 4.74 Å². The van der Waals surface area contributed by atoms with Gasteiger partial charge in [-0.15, -0.1) is 11.3 Å². The molecule has 27 heavy (non-hydrogen) atoms. The minimum atomic E-state index is 0.00395. The second-order valence-electron chi connectivity index (χ2n) is 8.86. The molecular weight excluding hydrogens is 352 g/mol. The first-order chi connectivity index (χ1) is 13.0. The van der Waals surface area contributed by atoms with Gasteiger partial charge in [0.25, 0.3) is 0 Å². The number of ether oxygens (including phenoxy) is 1. The average molecular weight is 385 g/mol. The number of thiophene rings is 1. The van der Waals surface area contributed by atoms with Crippen LogP contribution in [0.4, 0.5) is 0 Å². The predicted molar refractivity (Wildman–Crippen MR) is 112 cm³/mol. The molecule has 2 aromatic rings. The maximum absolute atomic E-state index is 6.26. The number of nitrogens with zero attached hydrogens (tertiary/aromatic N) is 2. The van der Waals surface area contributed by atoms with Gasteiger partial charge in [0.2, 0.25) is 0 Å². The molecule has 0 radical (unpaired) electrons. The van der Waals surface area contributed by atoms with Crippen LogP contribution >= 0.6 is 11.3 Å². The van der Waals surface area contributed by atoms with Gasteiger partial charge in [0, 0.05) is 40.9 Å². The molecule has 4 rings (SSSR count). The lowest BCUT2D eigenvalue weighted by Gasteiger charge is -2.40. The predicted octanol–water partition coefficient (Wildman–Crippen LogP) is 5.19. The Labute approximate surface area is 167 Å². The fraction of sp³-hybridized carbons (Fsp3) is 0.609. The maximum Gasteiger partial charge on any atom is 0.0645 e. The summed E-state index contributed by atoms with van der Waals surface area (Å²) >= 11 is 1.89. The summed E-state index contributed by atoms with van der Waals surface area (Å²) in [7, 11) is 0. The molecule has 4 heterocycles. The summed E-state index contributed by atoms with van der Waals surface area (Å²) in [4.78, 5) is 8.73. The third-order valence-corrected chi connectivity index (χ3v) is 7.79. The third kappa shape index (κ3) is 3.85. The lowest BCUT2D eigenvalue weighted by atomic mass is 9.75. The second-order valence-corrected chi connectivity index (χ2v) is 9.89. The molecule has 0 spiro atoms. The molecule has 3 nitrogen and oxygen atoms in total. The van der Waals surface area contributed by atoms with Crippen molar-refractivity contribution < 1.29 is 4.74 Å². The molecule has 0 amide bonds. The molecule has 0 saturated carbocycles. The van der Waals surface area contributed by atoms with Crippen LogP contribution in [-0.2, 0) is 16.7 Å². The van der Waals surface area contributed by atoms with Crippen molar-refractivity contribution in [3.8, 4) is 0 Å². The van der Waals surface area contributed by atoms with Crippen LogP contribution in [0.2, 0.25) is 0 Å². The molecule has 0 bridgehead atoms. The van der Waals surface area contributed by atoms with Crippen molar-refractivity contribution in [3.05, 3.63) is 52.0 Å². The zero-order valence-electron chi connectivity index (χ0n) is 16.9. The van der Waals surface area contributed by atoms with Gasteiger partial charge < -0.3 is 4.74 Å². The van der Waals surface area contributed by atoms with Crippen molar-refractivity contribution in [1.82, 2.24) is 9.88 Å². The van der Waals surface area contributed by atoms with E-state index in [1.54, 1.807) is 0 Å². The van der Waals surface area contributed by atoms with Crippen LogP contribution in [-0.4, -0.2) is 35.7 Å². The largest absolute Gasteiger partial charge is 0.378 e. The number of pyridine rings is 1.